The molecule has 0 aromatic heterocycles. The van der Waals surface area contributed by atoms with Gasteiger partial charge in [0.25, 0.3) is 0 Å². The second kappa shape index (κ2) is 3.18. The summed E-state index contributed by atoms with van der Waals surface area (Å²) in [5, 5.41) is 0. The standard InChI is InChI=1S/C10H11NO2/c11-8-6-9(13-10(8)12)7-4-2-1-3-5-7/h1-5,8-9H,6,11H2/t8-,9+/m1/s1. The van der Waals surface area contributed by atoms with Gasteiger partial charge in [0.1, 0.15) is 12.1 Å². The van der Waals surface area contributed by atoms with Crippen molar-refractivity contribution in [2.24, 2.45) is 5.73 Å². The van der Waals surface area contributed by atoms with Crippen molar-refractivity contribution in [1.82, 2.24) is 0 Å². The predicted octanol–water partition coefficient (Wildman–Crippen LogP) is 1.00. The Labute approximate surface area is 76.5 Å². The van der Waals surface area contributed by atoms with Gasteiger partial charge in [-0.1, -0.05) is 30.3 Å². The number of rotatable bonds is 1. The molecule has 0 bridgehead atoms. The summed E-state index contributed by atoms with van der Waals surface area (Å²) in [6.07, 6.45) is 0.437. The van der Waals surface area contributed by atoms with Gasteiger partial charge in [0.05, 0.1) is 0 Å². The molecule has 1 aliphatic heterocycles. The topological polar surface area (TPSA) is 52.3 Å². The Morgan fingerprint density at radius 1 is 1.31 bits per heavy atom. The number of nitrogens with two attached hydrogens (primary N) is 1. The molecule has 0 aliphatic carbocycles. The Morgan fingerprint density at radius 3 is 2.54 bits per heavy atom. The predicted molar refractivity (Wildman–Crippen MR) is 47.9 cm³/mol. The molecule has 2 rings (SSSR count). The number of hydrogen-bond acceptors (Lipinski definition) is 3. The third kappa shape index (κ3) is 1.55. The summed E-state index contributed by atoms with van der Waals surface area (Å²) >= 11 is 0. The zero-order valence-corrected chi connectivity index (χ0v) is 7.14. The van der Waals surface area contributed by atoms with Gasteiger partial charge in [0.2, 0.25) is 0 Å². The van der Waals surface area contributed by atoms with Gasteiger partial charge in [0, 0.05) is 6.42 Å². The lowest BCUT2D eigenvalue weighted by Crippen LogP contribution is -2.24. The number of esters is 1. The molecule has 3 nitrogen and oxygen atoms in total. The first-order valence-electron chi connectivity index (χ1n) is 4.28. The fourth-order valence-corrected chi connectivity index (χ4v) is 1.47. The second-order valence-corrected chi connectivity index (χ2v) is 3.18. The molecule has 1 aromatic carbocycles. The van der Waals surface area contributed by atoms with Gasteiger partial charge in [0.15, 0.2) is 0 Å². The highest BCUT2D eigenvalue weighted by molar-refractivity contribution is 5.77. The first-order chi connectivity index (χ1) is 6.27. The van der Waals surface area contributed by atoms with Gasteiger partial charge in [-0.25, -0.2) is 0 Å². The third-order valence-corrected chi connectivity index (χ3v) is 2.20. The van der Waals surface area contributed by atoms with Crippen molar-refractivity contribution >= 4 is 5.97 Å². The minimum absolute atomic E-state index is 0.149. The molecule has 1 aliphatic rings. The van der Waals surface area contributed by atoms with Crippen LogP contribution in [0.4, 0.5) is 0 Å². The maximum absolute atomic E-state index is 11.0. The van der Waals surface area contributed by atoms with Crippen LogP contribution in [0.2, 0.25) is 0 Å². The molecule has 0 unspecified atom stereocenters. The summed E-state index contributed by atoms with van der Waals surface area (Å²) in [6, 6.07) is 9.21. The van der Waals surface area contributed by atoms with E-state index >= 15 is 0 Å². The number of benzene rings is 1. The molecule has 68 valence electrons. The van der Waals surface area contributed by atoms with E-state index in [4.69, 9.17) is 10.5 Å². The summed E-state index contributed by atoms with van der Waals surface area (Å²) in [5.41, 5.74) is 6.55. The molecule has 13 heavy (non-hydrogen) atoms. The second-order valence-electron chi connectivity index (χ2n) is 3.18. The van der Waals surface area contributed by atoms with Gasteiger partial charge in [-0.3, -0.25) is 4.79 Å². The summed E-state index contributed by atoms with van der Waals surface area (Å²) in [7, 11) is 0. The Hall–Kier alpha value is -1.35. The van der Waals surface area contributed by atoms with E-state index in [9.17, 15) is 4.79 Å². The quantitative estimate of drug-likeness (QED) is 0.651. The van der Waals surface area contributed by atoms with Gasteiger partial charge in [-0.05, 0) is 5.56 Å². The van der Waals surface area contributed by atoms with Gasteiger partial charge < -0.3 is 10.5 Å². The lowest BCUT2D eigenvalue weighted by atomic mass is 10.1. The Kier molecular flexibility index (Phi) is 2.02. The van der Waals surface area contributed by atoms with Crippen molar-refractivity contribution in [3.05, 3.63) is 35.9 Å². The summed E-state index contributed by atoms with van der Waals surface area (Å²) < 4.78 is 5.10. The van der Waals surface area contributed by atoms with Crippen molar-refractivity contribution in [3.63, 3.8) is 0 Å². The van der Waals surface area contributed by atoms with Gasteiger partial charge in [-0.2, -0.15) is 0 Å². The van der Waals surface area contributed by atoms with Crippen LogP contribution in [0.25, 0.3) is 0 Å². The Bertz CT molecular complexity index is 310. The normalized spacial score (nSPS) is 27.3. The maximum atomic E-state index is 11.0. The summed E-state index contributed by atoms with van der Waals surface area (Å²) in [5.74, 6) is -0.297. The average Bonchev–Trinajstić information content (AvgIpc) is 2.49. The van der Waals surface area contributed by atoms with Crippen LogP contribution in [-0.4, -0.2) is 12.0 Å². The molecule has 0 radical (unpaired) electrons. The lowest BCUT2D eigenvalue weighted by molar-refractivity contribution is -0.142. The van der Waals surface area contributed by atoms with Gasteiger partial charge in [-0.15, -0.1) is 0 Å². The van der Waals surface area contributed by atoms with E-state index in [2.05, 4.69) is 0 Å². The van der Waals surface area contributed by atoms with Crippen LogP contribution in [0.1, 0.15) is 18.1 Å². The number of carbonyl (C=O) groups excluding carboxylic acids is 1. The van der Waals surface area contributed by atoms with E-state index in [1.807, 2.05) is 30.3 Å². The van der Waals surface area contributed by atoms with Crippen molar-refractivity contribution in [2.45, 2.75) is 18.6 Å². The summed E-state index contributed by atoms with van der Waals surface area (Å²) in [6.45, 7) is 0. The molecule has 1 aromatic rings. The van der Waals surface area contributed by atoms with Crippen molar-refractivity contribution in [2.75, 3.05) is 0 Å². The molecule has 1 fully saturated rings. The highest BCUT2D eigenvalue weighted by Crippen LogP contribution is 2.28. The Morgan fingerprint density at radius 2 is 2.00 bits per heavy atom. The van der Waals surface area contributed by atoms with Crippen LogP contribution in [-0.2, 0) is 9.53 Å². The lowest BCUT2D eigenvalue weighted by Gasteiger charge is -2.07. The van der Waals surface area contributed by atoms with E-state index in [1.54, 1.807) is 0 Å². The Balaban J connectivity index is 2.17. The van der Waals surface area contributed by atoms with Crippen LogP contribution < -0.4 is 5.73 Å². The zero-order valence-electron chi connectivity index (χ0n) is 7.14. The average molecular weight is 177 g/mol. The fraction of sp³-hybridized carbons (Fsp3) is 0.300. The van der Waals surface area contributed by atoms with E-state index in [-0.39, 0.29) is 12.1 Å². The van der Waals surface area contributed by atoms with Crippen molar-refractivity contribution in [3.8, 4) is 0 Å². The highest BCUT2D eigenvalue weighted by Gasteiger charge is 2.32. The minimum Gasteiger partial charge on any atom is -0.456 e. The molecule has 0 amide bonds. The van der Waals surface area contributed by atoms with Crippen LogP contribution >= 0.6 is 0 Å². The number of hydrogen-bond donors (Lipinski definition) is 1. The SMILES string of the molecule is N[C@@H]1C[C@@H](c2ccccc2)OC1=O. The van der Waals surface area contributed by atoms with E-state index in [0.29, 0.717) is 6.42 Å². The molecule has 1 saturated heterocycles. The molecule has 0 saturated carbocycles. The molecular weight excluding hydrogens is 166 g/mol. The minimum atomic E-state index is -0.454. The molecular formula is C10H11NO2. The van der Waals surface area contributed by atoms with Crippen LogP contribution in [0.15, 0.2) is 30.3 Å². The largest absolute Gasteiger partial charge is 0.456 e. The fourth-order valence-electron chi connectivity index (χ4n) is 1.47. The maximum Gasteiger partial charge on any atom is 0.323 e. The van der Waals surface area contributed by atoms with Crippen molar-refractivity contribution in [1.29, 1.82) is 0 Å². The monoisotopic (exact) mass is 177 g/mol. The van der Waals surface area contributed by atoms with E-state index in [0.717, 1.165) is 5.56 Å². The summed E-state index contributed by atoms with van der Waals surface area (Å²) in [4.78, 5) is 11.0. The van der Waals surface area contributed by atoms with Crippen LogP contribution in [0.3, 0.4) is 0 Å². The number of cyclic esters (lactones) is 1. The van der Waals surface area contributed by atoms with E-state index in [1.165, 1.54) is 0 Å². The van der Waals surface area contributed by atoms with Crippen molar-refractivity contribution < 1.29 is 9.53 Å². The van der Waals surface area contributed by atoms with Gasteiger partial charge >= 0.3 is 5.97 Å². The zero-order chi connectivity index (χ0) is 9.26. The molecule has 2 atom stereocenters. The van der Waals surface area contributed by atoms with E-state index < -0.39 is 6.04 Å². The molecule has 2 N–H and O–H groups in total. The number of carbonyl (C=O) groups is 1. The first kappa shape index (κ1) is 8.26. The number of ether oxygens (including phenoxy) is 1. The molecule has 1 heterocycles. The first-order valence-corrected chi connectivity index (χ1v) is 4.28. The smallest absolute Gasteiger partial charge is 0.323 e. The van der Waals surface area contributed by atoms with Crippen LogP contribution in [0, 0.1) is 0 Å². The third-order valence-electron chi connectivity index (χ3n) is 2.20. The van der Waals surface area contributed by atoms with Crippen LogP contribution in [0.5, 0.6) is 0 Å². The highest BCUT2D eigenvalue weighted by atomic mass is 16.6. The molecule has 0 spiro atoms. The molecule has 3 heteroatoms.